The fourth-order valence-electron chi connectivity index (χ4n) is 1.67. The van der Waals surface area contributed by atoms with Gasteiger partial charge < -0.3 is 14.4 Å². The number of likely N-dealkylation sites (N-methyl/N-ethyl adjacent to an activating group) is 1. The van der Waals surface area contributed by atoms with Gasteiger partial charge >= 0.3 is 0 Å². The van der Waals surface area contributed by atoms with E-state index in [0.29, 0.717) is 5.92 Å². The molecule has 4 nitrogen and oxygen atoms in total. The van der Waals surface area contributed by atoms with Gasteiger partial charge in [0.15, 0.2) is 0 Å². The number of rotatable bonds is 4. The molecule has 1 aliphatic heterocycles. The molecule has 0 aromatic rings. The second kappa shape index (κ2) is 5.98. The van der Waals surface area contributed by atoms with Gasteiger partial charge in [-0.05, 0) is 18.8 Å². The molecule has 1 rings (SSSR count). The van der Waals surface area contributed by atoms with Crippen LogP contribution in [0.2, 0.25) is 0 Å². The van der Waals surface area contributed by atoms with Gasteiger partial charge in [-0.1, -0.05) is 0 Å². The first-order valence-electron chi connectivity index (χ1n) is 5.04. The zero-order valence-electron chi connectivity index (χ0n) is 8.99. The van der Waals surface area contributed by atoms with Crippen molar-refractivity contribution < 1.29 is 14.3 Å². The van der Waals surface area contributed by atoms with Gasteiger partial charge in [0.1, 0.15) is 6.61 Å². The summed E-state index contributed by atoms with van der Waals surface area (Å²) < 4.78 is 10.1. The van der Waals surface area contributed by atoms with Crippen LogP contribution < -0.4 is 0 Å². The van der Waals surface area contributed by atoms with Gasteiger partial charge in [0, 0.05) is 27.3 Å². The molecule has 1 heterocycles. The normalized spacial score (nSPS) is 22.0. The number of methoxy groups -OCH3 is 1. The van der Waals surface area contributed by atoms with Crippen LogP contribution in [0.4, 0.5) is 0 Å². The van der Waals surface area contributed by atoms with Crippen molar-refractivity contribution in [3.05, 3.63) is 0 Å². The lowest BCUT2D eigenvalue weighted by Gasteiger charge is -2.26. The van der Waals surface area contributed by atoms with E-state index in [-0.39, 0.29) is 12.5 Å². The number of carbonyl (C=O) groups excluding carboxylic acids is 1. The molecule has 1 saturated heterocycles. The van der Waals surface area contributed by atoms with Crippen LogP contribution in [0.1, 0.15) is 12.8 Å². The predicted molar refractivity (Wildman–Crippen MR) is 53.1 cm³/mol. The first-order chi connectivity index (χ1) is 6.74. The Morgan fingerprint density at radius 2 is 2.43 bits per heavy atom. The maximum atomic E-state index is 11.4. The molecular weight excluding hydrogens is 182 g/mol. The maximum Gasteiger partial charge on any atom is 0.248 e. The summed E-state index contributed by atoms with van der Waals surface area (Å²) in [6.45, 7) is 2.60. The molecule has 0 N–H and O–H groups in total. The lowest BCUT2D eigenvalue weighted by Crippen LogP contribution is -2.36. The van der Waals surface area contributed by atoms with E-state index >= 15 is 0 Å². The van der Waals surface area contributed by atoms with E-state index < -0.39 is 0 Å². The Balaban J connectivity index is 2.24. The van der Waals surface area contributed by atoms with Crippen LogP contribution in [0.25, 0.3) is 0 Å². The molecule has 1 atom stereocenters. The van der Waals surface area contributed by atoms with Gasteiger partial charge in [0.05, 0.1) is 6.61 Å². The first-order valence-corrected chi connectivity index (χ1v) is 5.04. The quantitative estimate of drug-likeness (QED) is 0.665. The zero-order chi connectivity index (χ0) is 10.4. The smallest absolute Gasteiger partial charge is 0.248 e. The largest absolute Gasteiger partial charge is 0.381 e. The monoisotopic (exact) mass is 201 g/mol. The van der Waals surface area contributed by atoms with Crippen molar-refractivity contribution in [2.24, 2.45) is 5.92 Å². The highest BCUT2D eigenvalue weighted by Crippen LogP contribution is 2.14. The van der Waals surface area contributed by atoms with Crippen LogP contribution in [0.15, 0.2) is 0 Å². The van der Waals surface area contributed by atoms with Gasteiger partial charge in [-0.2, -0.15) is 0 Å². The molecule has 14 heavy (non-hydrogen) atoms. The van der Waals surface area contributed by atoms with Crippen molar-refractivity contribution in [1.29, 1.82) is 0 Å². The van der Waals surface area contributed by atoms with E-state index in [1.165, 1.54) is 7.11 Å². The molecule has 0 bridgehead atoms. The lowest BCUT2D eigenvalue weighted by molar-refractivity contribution is -0.134. The summed E-state index contributed by atoms with van der Waals surface area (Å²) in [7, 11) is 3.35. The molecule has 0 aromatic carbocycles. The van der Waals surface area contributed by atoms with Crippen molar-refractivity contribution in [2.75, 3.05) is 40.5 Å². The molecule has 0 saturated carbocycles. The van der Waals surface area contributed by atoms with Crippen LogP contribution in [-0.4, -0.2) is 51.3 Å². The highest BCUT2D eigenvalue weighted by Gasteiger charge is 2.18. The Labute approximate surface area is 85.2 Å². The standard InChI is InChI=1S/C10H19NO3/c1-11(10(12)8-13-2)6-9-4-3-5-14-7-9/h9H,3-8H2,1-2H3. The van der Waals surface area contributed by atoms with Crippen molar-refractivity contribution in [3.8, 4) is 0 Å². The lowest BCUT2D eigenvalue weighted by atomic mass is 10.0. The molecule has 1 unspecified atom stereocenters. The van der Waals surface area contributed by atoms with Crippen molar-refractivity contribution in [1.82, 2.24) is 4.90 Å². The molecule has 1 amide bonds. The SMILES string of the molecule is COCC(=O)N(C)CC1CCCOC1. The third-order valence-electron chi connectivity index (χ3n) is 2.48. The van der Waals surface area contributed by atoms with Gasteiger partial charge in [-0.25, -0.2) is 0 Å². The van der Waals surface area contributed by atoms with Gasteiger partial charge in [-0.15, -0.1) is 0 Å². The Bertz CT molecular complexity index is 178. The summed E-state index contributed by atoms with van der Waals surface area (Å²) in [5.41, 5.74) is 0. The van der Waals surface area contributed by atoms with Crippen molar-refractivity contribution >= 4 is 5.91 Å². The highest BCUT2D eigenvalue weighted by atomic mass is 16.5. The second-order valence-electron chi connectivity index (χ2n) is 3.79. The molecule has 4 heteroatoms. The van der Waals surface area contributed by atoms with Crippen LogP contribution >= 0.6 is 0 Å². The Morgan fingerprint density at radius 1 is 1.64 bits per heavy atom. The summed E-state index contributed by atoms with van der Waals surface area (Å²) in [5.74, 6) is 0.535. The number of carbonyl (C=O) groups is 1. The highest BCUT2D eigenvalue weighted by molar-refractivity contribution is 5.77. The number of ether oxygens (including phenoxy) is 2. The summed E-state index contributed by atoms with van der Waals surface area (Å²) in [6, 6.07) is 0. The fraction of sp³-hybridized carbons (Fsp3) is 0.900. The number of hydrogen-bond donors (Lipinski definition) is 0. The second-order valence-corrected chi connectivity index (χ2v) is 3.79. The van der Waals surface area contributed by atoms with E-state index in [1.54, 1.807) is 4.90 Å². The van der Waals surface area contributed by atoms with E-state index in [0.717, 1.165) is 32.6 Å². The summed E-state index contributed by atoms with van der Waals surface area (Å²) in [5, 5.41) is 0. The minimum atomic E-state index is 0.0399. The van der Waals surface area contributed by atoms with Crippen LogP contribution in [0.5, 0.6) is 0 Å². The zero-order valence-corrected chi connectivity index (χ0v) is 8.99. The van der Waals surface area contributed by atoms with Crippen LogP contribution in [0, 0.1) is 5.92 Å². The predicted octanol–water partition coefficient (Wildman–Crippen LogP) is 0.518. The minimum absolute atomic E-state index is 0.0399. The average Bonchev–Trinajstić information content (AvgIpc) is 2.19. The summed E-state index contributed by atoms with van der Waals surface area (Å²) in [6.07, 6.45) is 2.27. The number of amides is 1. The Kier molecular flexibility index (Phi) is 4.90. The van der Waals surface area contributed by atoms with Gasteiger partial charge in [0.2, 0.25) is 5.91 Å². The molecule has 0 aromatic heterocycles. The molecule has 0 radical (unpaired) electrons. The van der Waals surface area contributed by atoms with E-state index in [4.69, 9.17) is 9.47 Å². The minimum Gasteiger partial charge on any atom is -0.381 e. The van der Waals surface area contributed by atoms with Gasteiger partial charge in [-0.3, -0.25) is 4.79 Å². The Morgan fingerprint density at radius 3 is 3.00 bits per heavy atom. The van der Waals surface area contributed by atoms with E-state index in [1.807, 2.05) is 7.05 Å². The van der Waals surface area contributed by atoms with E-state index in [2.05, 4.69) is 0 Å². The van der Waals surface area contributed by atoms with E-state index in [9.17, 15) is 4.79 Å². The molecule has 82 valence electrons. The third-order valence-corrected chi connectivity index (χ3v) is 2.48. The first kappa shape index (κ1) is 11.5. The van der Waals surface area contributed by atoms with Crippen LogP contribution in [0.3, 0.4) is 0 Å². The molecule has 0 spiro atoms. The molecular formula is C10H19NO3. The Hall–Kier alpha value is -0.610. The molecule has 0 aliphatic carbocycles. The number of hydrogen-bond acceptors (Lipinski definition) is 3. The molecule has 1 aliphatic rings. The van der Waals surface area contributed by atoms with Gasteiger partial charge in [0.25, 0.3) is 0 Å². The van der Waals surface area contributed by atoms with Crippen molar-refractivity contribution in [2.45, 2.75) is 12.8 Å². The summed E-state index contributed by atoms with van der Waals surface area (Å²) in [4.78, 5) is 13.1. The topological polar surface area (TPSA) is 38.8 Å². The number of nitrogens with zero attached hydrogens (tertiary/aromatic N) is 1. The maximum absolute atomic E-state index is 11.4. The third kappa shape index (κ3) is 3.64. The van der Waals surface area contributed by atoms with Crippen molar-refractivity contribution in [3.63, 3.8) is 0 Å². The fourth-order valence-corrected chi connectivity index (χ4v) is 1.67. The molecule has 1 fully saturated rings. The average molecular weight is 201 g/mol. The van der Waals surface area contributed by atoms with Crippen LogP contribution in [-0.2, 0) is 14.3 Å². The summed E-state index contributed by atoms with van der Waals surface area (Å²) >= 11 is 0.